The second kappa shape index (κ2) is 13.9. The quantitative estimate of drug-likeness (QED) is 0.188. The van der Waals surface area contributed by atoms with Gasteiger partial charge in [-0.2, -0.15) is 0 Å². The normalized spacial score (nSPS) is 20.2. The predicted octanol–water partition coefficient (Wildman–Crippen LogP) is 6.72. The Hall–Kier alpha value is -1.32. The topological polar surface area (TPSA) is 52.6 Å². The van der Waals surface area contributed by atoms with Crippen LogP contribution in [0.25, 0.3) is 0 Å². The van der Waals surface area contributed by atoms with Gasteiger partial charge >= 0.3 is 11.9 Å². The lowest BCUT2D eigenvalue weighted by Crippen LogP contribution is -2.33. The number of ether oxygens (including phenoxy) is 2. The monoisotopic (exact) mass is 422 g/mol. The number of unbranched alkanes of at least 4 members (excludes halogenated alkanes) is 3. The fraction of sp³-hybridized carbons (Fsp3) is 0.846. The lowest BCUT2D eigenvalue weighted by Gasteiger charge is -2.26. The van der Waals surface area contributed by atoms with Gasteiger partial charge in [-0.3, -0.25) is 9.59 Å². The molecule has 1 aliphatic carbocycles. The van der Waals surface area contributed by atoms with Crippen molar-refractivity contribution >= 4 is 11.9 Å². The molecule has 0 aliphatic heterocycles. The smallest absolute Gasteiger partial charge is 0.313 e. The summed E-state index contributed by atoms with van der Waals surface area (Å²) in [5, 5.41) is 0. The van der Waals surface area contributed by atoms with Gasteiger partial charge in [0.05, 0.1) is 25.0 Å². The van der Waals surface area contributed by atoms with E-state index < -0.39 is 11.8 Å². The maximum Gasteiger partial charge on any atom is 0.313 e. The summed E-state index contributed by atoms with van der Waals surface area (Å²) in [6, 6.07) is 0. The van der Waals surface area contributed by atoms with Crippen molar-refractivity contribution in [1.29, 1.82) is 0 Å². The molecular formula is C26H46O4. The number of hydrogen-bond acceptors (Lipinski definition) is 4. The summed E-state index contributed by atoms with van der Waals surface area (Å²) in [5.41, 5.74) is 0.279. The van der Waals surface area contributed by atoms with Crippen molar-refractivity contribution in [3.8, 4) is 0 Å². The Labute approximate surface area is 185 Å². The Morgan fingerprint density at radius 3 is 2.27 bits per heavy atom. The van der Waals surface area contributed by atoms with Crippen LogP contribution < -0.4 is 0 Å². The first-order chi connectivity index (χ1) is 14.1. The lowest BCUT2D eigenvalue weighted by atomic mass is 9.83. The lowest BCUT2D eigenvalue weighted by molar-refractivity contribution is -0.159. The first-order valence-electron chi connectivity index (χ1n) is 12.1. The van der Waals surface area contributed by atoms with E-state index in [1.54, 1.807) is 0 Å². The van der Waals surface area contributed by atoms with Crippen molar-refractivity contribution in [2.45, 2.75) is 99.3 Å². The standard InChI is InChI=1S/C26H46O4/c1-20(2)13-9-7-8-12-17-29-24(27)22-14-10-11-15-23(22)25(28)30-18-16-21(3)19-26(4,5)6/h10,14,20-23H,7-9,11-13,15-19H2,1-6H3. The van der Waals surface area contributed by atoms with Gasteiger partial charge in [0.2, 0.25) is 0 Å². The van der Waals surface area contributed by atoms with Crippen LogP contribution in [0.2, 0.25) is 0 Å². The number of allylic oxidation sites excluding steroid dienone is 1. The highest BCUT2D eigenvalue weighted by Crippen LogP contribution is 2.29. The molecule has 0 bridgehead atoms. The highest BCUT2D eigenvalue weighted by molar-refractivity contribution is 5.83. The molecule has 0 fully saturated rings. The molecule has 0 spiro atoms. The van der Waals surface area contributed by atoms with E-state index in [1.807, 2.05) is 12.2 Å². The van der Waals surface area contributed by atoms with Crippen LogP contribution in [0.5, 0.6) is 0 Å². The molecule has 4 nitrogen and oxygen atoms in total. The van der Waals surface area contributed by atoms with Crippen molar-refractivity contribution in [3.63, 3.8) is 0 Å². The largest absolute Gasteiger partial charge is 0.465 e. The molecule has 3 atom stereocenters. The molecule has 0 amide bonds. The second-order valence-corrected chi connectivity index (χ2v) is 10.7. The van der Waals surface area contributed by atoms with Crippen molar-refractivity contribution < 1.29 is 19.1 Å². The zero-order valence-electron chi connectivity index (χ0n) is 20.4. The van der Waals surface area contributed by atoms with E-state index in [0.29, 0.717) is 25.6 Å². The Kier molecular flexibility index (Phi) is 12.4. The minimum atomic E-state index is -0.501. The van der Waals surface area contributed by atoms with Crippen molar-refractivity contribution in [2.75, 3.05) is 13.2 Å². The maximum atomic E-state index is 12.6. The van der Waals surface area contributed by atoms with Crippen molar-refractivity contribution in [2.24, 2.45) is 29.1 Å². The van der Waals surface area contributed by atoms with Crippen molar-refractivity contribution in [1.82, 2.24) is 0 Å². The Morgan fingerprint density at radius 2 is 1.60 bits per heavy atom. The van der Waals surface area contributed by atoms with Gasteiger partial charge in [-0.15, -0.1) is 0 Å². The molecule has 0 aromatic heterocycles. The number of rotatable bonds is 13. The average molecular weight is 423 g/mol. The fourth-order valence-corrected chi connectivity index (χ4v) is 4.23. The molecule has 30 heavy (non-hydrogen) atoms. The van der Waals surface area contributed by atoms with E-state index in [0.717, 1.165) is 38.0 Å². The maximum absolute atomic E-state index is 12.6. The van der Waals surface area contributed by atoms with Gasteiger partial charge in [0, 0.05) is 0 Å². The zero-order chi connectivity index (χ0) is 22.6. The molecule has 1 aliphatic rings. The van der Waals surface area contributed by atoms with Gasteiger partial charge < -0.3 is 9.47 Å². The van der Waals surface area contributed by atoms with Crippen LogP contribution in [0, 0.1) is 29.1 Å². The molecule has 0 saturated heterocycles. The van der Waals surface area contributed by atoms with E-state index in [9.17, 15) is 9.59 Å². The summed E-state index contributed by atoms with van der Waals surface area (Å²) in [6.45, 7) is 14.2. The molecule has 3 unspecified atom stereocenters. The number of carbonyl (C=O) groups excluding carboxylic acids is 2. The predicted molar refractivity (Wildman–Crippen MR) is 123 cm³/mol. The van der Waals surface area contributed by atoms with Crippen LogP contribution in [0.1, 0.15) is 99.3 Å². The molecule has 1 rings (SSSR count). The summed E-state index contributed by atoms with van der Waals surface area (Å²) in [6.07, 6.45) is 12.9. The Morgan fingerprint density at radius 1 is 0.933 bits per heavy atom. The highest BCUT2D eigenvalue weighted by Gasteiger charge is 2.35. The third-order valence-electron chi connectivity index (χ3n) is 5.73. The molecule has 0 aromatic carbocycles. The number of carbonyl (C=O) groups is 2. The van der Waals surface area contributed by atoms with Crippen LogP contribution in [0.4, 0.5) is 0 Å². The van der Waals surface area contributed by atoms with Gasteiger partial charge in [0.25, 0.3) is 0 Å². The van der Waals surface area contributed by atoms with Crippen LogP contribution in [0.15, 0.2) is 12.2 Å². The highest BCUT2D eigenvalue weighted by atomic mass is 16.5. The summed E-state index contributed by atoms with van der Waals surface area (Å²) < 4.78 is 11.0. The summed E-state index contributed by atoms with van der Waals surface area (Å²) in [4.78, 5) is 25.2. The summed E-state index contributed by atoms with van der Waals surface area (Å²) >= 11 is 0. The Bertz CT molecular complexity index is 530. The number of hydrogen-bond donors (Lipinski definition) is 0. The van der Waals surface area contributed by atoms with Gasteiger partial charge in [-0.05, 0) is 49.4 Å². The van der Waals surface area contributed by atoms with E-state index in [1.165, 1.54) is 19.3 Å². The fourth-order valence-electron chi connectivity index (χ4n) is 4.23. The minimum absolute atomic E-state index is 0.252. The third-order valence-corrected chi connectivity index (χ3v) is 5.73. The zero-order valence-corrected chi connectivity index (χ0v) is 20.4. The van der Waals surface area contributed by atoms with Crippen LogP contribution in [0.3, 0.4) is 0 Å². The van der Waals surface area contributed by atoms with E-state index in [-0.39, 0.29) is 17.4 Å². The van der Waals surface area contributed by atoms with Gasteiger partial charge in [0.15, 0.2) is 0 Å². The summed E-state index contributed by atoms with van der Waals surface area (Å²) in [5.74, 6) is -0.190. The van der Waals surface area contributed by atoms with E-state index in [2.05, 4.69) is 41.5 Å². The molecular weight excluding hydrogens is 376 g/mol. The van der Waals surface area contributed by atoms with Crippen LogP contribution in [-0.4, -0.2) is 25.2 Å². The van der Waals surface area contributed by atoms with Crippen LogP contribution >= 0.6 is 0 Å². The van der Waals surface area contributed by atoms with Gasteiger partial charge in [-0.1, -0.05) is 79.4 Å². The van der Waals surface area contributed by atoms with E-state index in [4.69, 9.17) is 9.47 Å². The Balaban J connectivity index is 2.34. The van der Waals surface area contributed by atoms with Gasteiger partial charge in [-0.25, -0.2) is 0 Å². The molecule has 0 radical (unpaired) electrons. The molecule has 0 heterocycles. The molecule has 174 valence electrons. The average Bonchev–Trinajstić information content (AvgIpc) is 2.65. The van der Waals surface area contributed by atoms with Crippen LogP contribution in [-0.2, 0) is 19.1 Å². The third kappa shape index (κ3) is 11.8. The van der Waals surface area contributed by atoms with E-state index >= 15 is 0 Å². The van der Waals surface area contributed by atoms with Gasteiger partial charge in [0.1, 0.15) is 0 Å². The second-order valence-electron chi connectivity index (χ2n) is 10.7. The molecule has 4 heteroatoms. The molecule has 0 N–H and O–H groups in total. The first kappa shape index (κ1) is 26.7. The molecule has 0 aromatic rings. The first-order valence-corrected chi connectivity index (χ1v) is 12.1. The SMILES string of the molecule is CC(C)CCCCCCOC(=O)C1C=CCCC1C(=O)OCCC(C)CC(C)(C)C. The number of esters is 2. The summed E-state index contributed by atoms with van der Waals surface area (Å²) in [7, 11) is 0. The minimum Gasteiger partial charge on any atom is -0.465 e. The van der Waals surface area contributed by atoms with Crippen molar-refractivity contribution in [3.05, 3.63) is 12.2 Å². The molecule has 0 saturated carbocycles.